The maximum absolute atomic E-state index is 13.3. The molecule has 0 unspecified atom stereocenters. The Morgan fingerprint density at radius 3 is 2.80 bits per heavy atom. The highest BCUT2D eigenvalue weighted by Gasteiger charge is 2.52. The largest absolute Gasteiger partial charge is 0.343 e. The molecule has 1 aromatic heterocycles. The molecule has 3 heterocycles. The molecule has 0 spiro atoms. The molecule has 1 aliphatic carbocycles. The summed E-state index contributed by atoms with van der Waals surface area (Å²) in [5.41, 5.74) is -0.209. The molecule has 2 saturated heterocycles. The first-order valence-electron chi connectivity index (χ1n) is 9.73. The molecule has 1 saturated carbocycles. The van der Waals surface area contributed by atoms with Crippen molar-refractivity contribution in [3.63, 3.8) is 0 Å². The lowest BCUT2D eigenvalue weighted by atomic mass is 9.95. The van der Waals surface area contributed by atoms with Crippen molar-refractivity contribution >= 4 is 11.8 Å². The molecule has 136 valence electrons. The van der Waals surface area contributed by atoms with Crippen LogP contribution in [-0.4, -0.2) is 56.8 Å². The Morgan fingerprint density at radius 1 is 1.24 bits per heavy atom. The number of carbonyl (C=O) groups is 2. The number of nitrogens with zero attached hydrogens (tertiary/aromatic N) is 4. The van der Waals surface area contributed by atoms with Gasteiger partial charge in [0.05, 0.1) is 11.7 Å². The second-order valence-electron chi connectivity index (χ2n) is 7.94. The Hall–Kier alpha value is -1.85. The molecule has 6 nitrogen and oxygen atoms in total. The van der Waals surface area contributed by atoms with E-state index in [1.807, 2.05) is 15.7 Å². The zero-order valence-electron chi connectivity index (χ0n) is 14.9. The van der Waals surface area contributed by atoms with Crippen LogP contribution in [0.1, 0.15) is 51.4 Å². The zero-order valence-corrected chi connectivity index (χ0v) is 14.9. The van der Waals surface area contributed by atoms with E-state index in [1.165, 1.54) is 6.42 Å². The molecular formula is C19H28N4O2. The Balaban J connectivity index is 1.40. The second kappa shape index (κ2) is 6.81. The van der Waals surface area contributed by atoms with E-state index < -0.39 is 0 Å². The van der Waals surface area contributed by atoms with Crippen LogP contribution in [0.3, 0.4) is 0 Å². The molecule has 0 aromatic carbocycles. The topological polar surface area (TPSA) is 58.4 Å². The molecular weight excluding hydrogens is 316 g/mol. The van der Waals surface area contributed by atoms with Crippen LogP contribution in [-0.2, 0) is 16.1 Å². The highest BCUT2D eigenvalue weighted by molar-refractivity contribution is 5.85. The zero-order chi connectivity index (χ0) is 17.3. The first kappa shape index (κ1) is 16.6. The lowest BCUT2D eigenvalue weighted by Crippen LogP contribution is -2.49. The molecule has 0 bridgehead atoms. The number of piperidine rings is 1. The van der Waals surface area contributed by atoms with Gasteiger partial charge < -0.3 is 14.4 Å². The van der Waals surface area contributed by atoms with Crippen molar-refractivity contribution in [3.05, 3.63) is 18.7 Å². The smallest absolute Gasteiger partial charge is 0.230 e. The number of amides is 2. The highest BCUT2D eigenvalue weighted by atomic mass is 16.2. The summed E-state index contributed by atoms with van der Waals surface area (Å²) in [6.45, 7) is 3.33. The fourth-order valence-electron chi connectivity index (χ4n) is 4.44. The Morgan fingerprint density at radius 2 is 2.12 bits per heavy atom. The van der Waals surface area contributed by atoms with Gasteiger partial charge in [-0.15, -0.1) is 0 Å². The maximum atomic E-state index is 13.3. The fourth-order valence-corrected chi connectivity index (χ4v) is 4.44. The van der Waals surface area contributed by atoms with Crippen molar-refractivity contribution in [3.8, 4) is 0 Å². The summed E-state index contributed by atoms with van der Waals surface area (Å²) < 4.78 is 2.03. The van der Waals surface area contributed by atoms with E-state index in [-0.39, 0.29) is 11.3 Å². The number of aromatic nitrogens is 2. The Labute approximate surface area is 149 Å². The Kier molecular flexibility index (Phi) is 4.52. The number of hydrogen-bond acceptors (Lipinski definition) is 3. The lowest BCUT2D eigenvalue weighted by molar-refractivity contribution is -0.141. The van der Waals surface area contributed by atoms with Gasteiger partial charge in [0.1, 0.15) is 0 Å². The normalized spacial score (nSPS) is 25.4. The summed E-state index contributed by atoms with van der Waals surface area (Å²) in [7, 11) is 0. The number of carbonyl (C=O) groups excluding carboxylic acids is 2. The third-order valence-corrected chi connectivity index (χ3v) is 6.14. The van der Waals surface area contributed by atoms with Crippen LogP contribution in [0.4, 0.5) is 0 Å². The van der Waals surface area contributed by atoms with Crippen molar-refractivity contribution < 1.29 is 9.59 Å². The van der Waals surface area contributed by atoms with E-state index >= 15 is 0 Å². The molecule has 2 aliphatic heterocycles. The van der Waals surface area contributed by atoms with Crippen molar-refractivity contribution in [2.24, 2.45) is 5.41 Å². The van der Waals surface area contributed by atoms with Crippen molar-refractivity contribution in [2.75, 3.05) is 19.6 Å². The van der Waals surface area contributed by atoms with Crippen LogP contribution in [0.15, 0.2) is 18.7 Å². The number of rotatable bonds is 6. The SMILES string of the molecule is O=C1CCCN1CC[C@H]1CCCCN1C(=O)C1(Cn2ccnc2)CC1. The monoisotopic (exact) mass is 344 g/mol. The molecule has 0 N–H and O–H groups in total. The molecule has 0 radical (unpaired) electrons. The maximum Gasteiger partial charge on any atom is 0.230 e. The van der Waals surface area contributed by atoms with Crippen LogP contribution >= 0.6 is 0 Å². The summed E-state index contributed by atoms with van der Waals surface area (Å²) in [6, 6.07) is 0.301. The minimum absolute atomic E-state index is 0.209. The predicted molar refractivity (Wildman–Crippen MR) is 93.7 cm³/mol. The molecule has 25 heavy (non-hydrogen) atoms. The predicted octanol–water partition coefficient (Wildman–Crippen LogP) is 2.06. The summed E-state index contributed by atoms with van der Waals surface area (Å²) in [5.74, 6) is 0.617. The van der Waals surface area contributed by atoms with Gasteiger partial charge in [0.2, 0.25) is 11.8 Å². The first-order valence-corrected chi connectivity index (χ1v) is 9.73. The highest BCUT2D eigenvalue weighted by Crippen LogP contribution is 2.49. The molecule has 3 aliphatic rings. The lowest BCUT2D eigenvalue weighted by Gasteiger charge is -2.39. The van der Waals surface area contributed by atoms with E-state index in [9.17, 15) is 9.59 Å². The minimum Gasteiger partial charge on any atom is -0.343 e. The average Bonchev–Trinajstić information content (AvgIpc) is 3.01. The van der Waals surface area contributed by atoms with Gasteiger partial charge in [-0.05, 0) is 44.9 Å². The van der Waals surface area contributed by atoms with Crippen LogP contribution in [0.2, 0.25) is 0 Å². The van der Waals surface area contributed by atoms with Gasteiger partial charge in [-0.25, -0.2) is 4.98 Å². The number of likely N-dealkylation sites (tertiary alicyclic amines) is 2. The van der Waals surface area contributed by atoms with Crippen LogP contribution in [0, 0.1) is 5.41 Å². The van der Waals surface area contributed by atoms with Crippen molar-refractivity contribution in [1.82, 2.24) is 19.4 Å². The molecule has 1 atom stereocenters. The second-order valence-corrected chi connectivity index (χ2v) is 7.94. The molecule has 2 amide bonds. The van der Waals surface area contributed by atoms with E-state index in [0.29, 0.717) is 18.4 Å². The third kappa shape index (κ3) is 3.44. The average molecular weight is 344 g/mol. The Bertz CT molecular complexity index is 623. The van der Waals surface area contributed by atoms with E-state index in [0.717, 1.165) is 64.7 Å². The number of imidazole rings is 1. The third-order valence-electron chi connectivity index (χ3n) is 6.14. The van der Waals surface area contributed by atoms with Gasteiger partial charge in [0.15, 0.2) is 0 Å². The summed E-state index contributed by atoms with van der Waals surface area (Å²) in [4.78, 5) is 33.4. The van der Waals surface area contributed by atoms with E-state index in [2.05, 4.69) is 9.88 Å². The van der Waals surface area contributed by atoms with Crippen molar-refractivity contribution in [2.45, 2.75) is 64.0 Å². The van der Waals surface area contributed by atoms with Gasteiger partial charge in [-0.2, -0.15) is 0 Å². The van der Waals surface area contributed by atoms with Gasteiger partial charge in [-0.1, -0.05) is 0 Å². The molecule has 6 heteroatoms. The molecule has 4 rings (SSSR count). The minimum atomic E-state index is -0.209. The van der Waals surface area contributed by atoms with Gasteiger partial charge >= 0.3 is 0 Å². The van der Waals surface area contributed by atoms with Gasteiger partial charge in [0, 0.05) is 51.0 Å². The quantitative estimate of drug-likeness (QED) is 0.794. The summed E-state index contributed by atoms with van der Waals surface area (Å²) in [6.07, 6.45) is 13.5. The van der Waals surface area contributed by atoms with Crippen molar-refractivity contribution in [1.29, 1.82) is 0 Å². The summed E-state index contributed by atoms with van der Waals surface area (Å²) >= 11 is 0. The number of hydrogen-bond donors (Lipinski definition) is 0. The summed E-state index contributed by atoms with van der Waals surface area (Å²) in [5, 5.41) is 0. The van der Waals surface area contributed by atoms with Crippen LogP contribution in [0.5, 0.6) is 0 Å². The molecule has 1 aromatic rings. The van der Waals surface area contributed by atoms with Gasteiger partial charge in [0.25, 0.3) is 0 Å². The first-order chi connectivity index (χ1) is 12.2. The van der Waals surface area contributed by atoms with E-state index in [1.54, 1.807) is 12.5 Å². The van der Waals surface area contributed by atoms with Gasteiger partial charge in [-0.3, -0.25) is 9.59 Å². The van der Waals surface area contributed by atoms with E-state index in [4.69, 9.17) is 0 Å². The molecule has 3 fully saturated rings. The fraction of sp³-hybridized carbons (Fsp3) is 0.737. The van der Waals surface area contributed by atoms with Crippen LogP contribution < -0.4 is 0 Å². The standard InChI is InChI=1S/C19H28N4O2/c24-17-5-3-10-22(17)12-6-16-4-1-2-11-23(16)18(25)19(7-8-19)14-21-13-9-20-15-21/h9,13,15-16H,1-8,10-12,14H2/t16-/m1/s1. The van der Waals surface area contributed by atoms with Crippen LogP contribution in [0.25, 0.3) is 0 Å².